The van der Waals surface area contributed by atoms with Crippen molar-refractivity contribution in [2.24, 2.45) is 11.7 Å². The summed E-state index contributed by atoms with van der Waals surface area (Å²) in [6.45, 7) is 3.50. The lowest BCUT2D eigenvalue weighted by molar-refractivity contribution is 0.337. The second-order valence-electron chi connectivity index (χ2n) is 5.60. The Hall–Kier alpha value is -1.02. The summed E-state index contributed by atoms with van der Waals surface area (Å²) in [5, 5.41) is 0. The Kier molecular flexibility index (Phi) is 5.71. The molecule has 1 aromatic carbocycles. The van der Waals surface area contributed by atoms with Crippen molar-refractivity contribution >= 4 is 0 Å². The Labute approximate surface area is 117 Å². The van der Waals surface area contributed by atoms with E-state index in [1.807, 2.05) is 13.0 Å². The zero-order chi connectivity index (χ0) is 13.5. The molecule has 0 heterocycles. The van der Waals surface area contributed by atoms with Crippen molar-refractivity contribution in [3.05, 3.63) is 29.8 Å². The van der Waals surface area contributed by atoms with Gasteiger partial charge in [0.25, 0.3) is 0 Å². The Balaban J connectivity index is 2.13. The van der Waals surface area contributed by atoms with Gasteiger partial charge in [-0.25, -0.2) is 0 Å². The molecule has 0 saturated heterocycles. The Morgan fingerprint density at radius 1 is 1.21 bits per heavy atom. The fourth-order valence-electron chi connectivity index (χ4n) is 3.32. The molecule has 2 nitrogen and oxygen atoms in total. The van der Waals surface area contributed by atoms with Crippen LogP contribution in [0.15, 0.2) is 24.3 Å². The Morgan fingerprint density at radius 2 is 1.95 bits per heavy atom. The first-order valence-corrected chi connectivity index (χ1v) is 7.78. The van der Waals surface area contributed by atoms with Crippen molar-refractivity contribution in [1.82, 2.24) is 0 Å². The highest BCUT2D eigenvalue weighted by atomic mass is 16.5. The van der Waals surface area contributed by atoms with Crippen molar-refractivity contribution < 1.29 is 4.74 Å². The maximum absolute atomic E-state index is 6.07. The van der Waals surface area contributed by atoms with E-state index in [4.69, 9.17) is 10.5 Å². The summed E-state index contributed by atoms with van der Waals surface area (Å²) in [5.41, 5.74) is 7.43. The first kappa shape index (κ1) is 14.4. The van der Waals surface area contributed by atoms with Gasteiger partial charge < -0.3 is 10.5 Å². The highest BCUT2D eigenvalue weighted by Gasteiger charge is 2.23. The molecule has 2 N–H and O–H groups in total. The van der Waals surface area contributed by atoms with Gasteiger partial charge >= 0.3 is 0 Å². The fraction of sp³-hybridized carbons (Fsp3) is 0.647. The minimum atomic E-state index is 0.499. The van der Waals surface area contributed by atoms with Crippen molar-refractivity contribution in [3.8, 4) is 5.75 Å². The quantitative estimate of drug-likeness (QED) is 0.810. The van der Waals surface area contributed by atoms with Crippen molar-refractivity contribution in [2.75, 3.05) is 13.2 Å². The molecular weight excluding hydrogens is 234 g/mol. The van der Waals surface area contributed by atoms with Crippen molar-refractivity contribution in [3.63, 3.8) is 0 Å². The second-order valence-corrected chi connectivity index (χ2v) is 5.60. The summed E-state index contributed by atoms with van der Waals surface area (Å²) in [5.74, 6) is 2.23. The first-order chi connectivity index (χ1) is 9.35. The molecule has 0 bridgehead atoms. The SMILES string of the molecule is CCOc1cccc(C(CN)C2CCCCCC2)c1. The second kappa shape index (κ2) is 7.54. The molecule has 0 radical (unpaired) electrons. The highest BCUT2D eigenvalue weighted by molar-refractivity contribution is 5.31. The molecule has 0 aliphatic heterocycles. The van der Waals surface area contributed by atoms with E-state index >= 15 is 0 Å². The molecule has 0 aromatic heterocycles. The normalized spacial score (nSPS) is 18.8. The molecule has 1 unspecified atom stereocenters. The van der Waals surface area contributed by atoms with E-state index in [0.717, 1.165) is 24.8 Å². The average Bonchev–Trinajstić information content (AvgIpc) is 2.70. The predicted molar refractivity (Wildman–Crippen MR) is 80.6 cm³/mol. The number of ether oxygens (including phenoxy) is 1. The van der Waals surface area contributed by atoms with Crippen LogP contribution in [0.2, 0.25) is 0 Å². The van der Waals surface area contributed by atoms with Gasteiger partial charge in [0.05, 0.1) is 6.61 Å². The lowest BCUT2D eigenvalue weighted by Crippen LogP contribution is -2.21. The monoisotopic (exact) mass is 261 g/mol. The zero-order valence-electron chi connectivity index (χ0n) is 12.1. The van der Waals surface area contributed by atoms with E-state index < -0.39 is 0 Å². The van der Waals surface area contributed by atoms with Crippen LogP contribution >= 0.6 is 0 Å². The van der Waals surface area contributed by atoms with E-state index in [2.05, 4.69) is 18.2 Å². The smallest absolute Gasteiger partial charge is 0.119 e. The molecule has 19 heavy (non-hydrogen) atoms. The minimum Gasteiger partial charge on any atom is -0.494 e. The summed E-state index contributed by atoms with van der Waals surface area (Å²) in [6.07, 6.45) is 8.19. The van der Waals surface area contributed by atoms with Gasteiger partial charge in [-0.15, -0.1) is 0 Å². The summed E-state index contributed by atoms with van der Waals surface area (Å²) in [7, 11) is 0. The molecule has 2 rings (SSSR count). The number of nitrogens with two attached hydrogens (primary N) is 1. The largest absolute Gasteiger partial charge is 0.494 e. The zero-order valence-corrected chi connectivity index (χ0v) is 12.1. The third-order valence-electron chi connectivity index (χ3n) is 4.32. The average molecular weight is 261 g/mol. The van der Waals surface area contributed by atoms with Crippen molar-refractivity contribution in [2.45, 2.75) is 51.4 Å². The summed E-state index contributed by atoms with van der Waals surface area (Å²) in [4.78, 5) is 0. The lowest BCUT2D eigenvalue weighted by Gasteiger charge is -2.25. The first-order valence-electron chi connectivity index (χ1n) is 7.78. The van der Waals surface area contributed by atoms with Gasteiger partial charge in [0.2, 0.25) is 0 Å². The maximum atomic E-state index is 6.07. The van der Waals surface area contributed by atoms with Gasteiger partial charge in [0, 0.05) is 0 Å². The molecule has 106 valence electrons. The van der Waals surface area contributed by atoms with E-state index in [0.29, 0.717) is 5.92 Å². The maximum Gasteiger partial charge on any atom is 0.119 e. The van der Waals surface area contributed by atoms with Crippen LogP contribution in [-0.4, -0.2) is 13.2 Å². The number of rotatable bonds is 5. The van der Waals surface area contributed by atoms with E-state index in [1.165, 1.54) is 44.1 Å². The van der Waals surface area contributed by atoms with Gasteiger partial charge in [0.1, 0.15) is 5.75 Å². The van der Waals surface area contributed by atoms with Gasteiger partial charge in [-0.1, -0.05) is 37.8 Å². The minimum absolute atomic E-state index is 0.499. The summed E-state index contributed by atoms with van der Waals surface area (Å²) >= 11 is 0. The van der Waals surface area contributed by atoms with E-state index in [9.17, 15) is 0 Å². The molecule has 1 saturated carbocycles. The fourth-order valence-corrected chi connectivity index (χ4v) is 3.32. The van der Waals surface area contributed by atoms with Crippen LogP contribution in [0, 0.1) is 5.92 Å². The third-order valence-corrected chi connectivity index (χ3v) is 4.32. The molecule has 0 spiro atoms. The molecule has 1 aromatic rings. The molecule has 1 fully saturated rings. The third kappa shape index (κ3) is 3.97. The van der Waals surface area contributed by atoms with Gasteiger partial charge in [-0.2, -0.15) is 0 Å². The Morgan fingerprint density at radius 3 is 2.58 bits per heavy atom. The summed E-state index contributed by atoms with van der Waals surface area (Å²) in [6, 6.07) is 8.53. The van der Waals surface area contributed by atoms with E-state index in [-0.39, 0.29) is 0 Å². The van der Waals surface area contributed by atoms with Crippen LogP contribution in [0.25, 0.3) is 0 Å². The van der Waals surface area contributed by atoms with Gasteiger partial charge in [-0.3, -0.25) is 0 Å². The molecule has 1 aliphatic carbocycles. The van der Waals surface area contributed by atoms with Crippen LogP contribution in [0.4, 0.5) is 0 Å². The van der Waals surface area contributed by atoms with Crippen LogP contribution in [0.1, 0.15) is 56.9 Å². The molecule has 1 atom stereocenters. The molecule has 1 aliphatic rings. The lowest BCUT2D eigenvalue weighted by atomic mass is 9.81. The number of hydrogen-bond acceptors (Lipinski definition) is 2. The van der Waals surface area contributed by atoms with Crippen molar-refractivity contribution in [1.29, 1.82) is 0 Å². The Bertz CT molecular complexity index is 369. The predicted octanol–water partition coefficient (Wildman–Crippen LogP) is 4.10. The van der Waals surface area contributed by atoms with Crippen LogP contribution in [-0.2, 0) is 0 Å². The van der Waals surface area contributed by atoms with E-state index in [1.54, 1.807) is 0 Å². The number of benzene rings is 1. The molecular formula is C17H27NO. The number of hydrogen-bond donors (Lipinski definition) is 1. The topological polar surface area (TPSA) is 35.2 Å². The standard InChI is InChI=1S/C17H27NO/c1-2-19-16-11-7-10-15(12-16)17(13-18)14-8-5-3-4-6-9-14/h7,10-12,14,17H,2-6,8-9,13,18H2,1H3. The van der Waals surface area contributed by atoms with Gasteiger partial charge in [0.15, 0.2) is 0 Å². The summed E-state index contributed by atoms with van der Waals surface area (Å²) < 4.78 is 5.61. The molecule has 0 amide bonds. The van der Waals surface area contributed by atoms with Crippen LogP contribution in [0.3, 0.4) is 0 Å². The highest BCUT2D eigenvalue weighted by Crippen LogP contribution is 2.35. The van der Waals surface area contributed by atoms with Crippen LogP contribution in [0.5, 0.6) is 5.75 Å². The van der Waals surface area contributed by atoms with Crippen LogP contribution < -0.4 is 10.5 Å². The van der Waals surface area contributed by atoms with Gasteiger partial charge in [-0.05, 0) is 55.8 Å². The molecule has 2 heteroatoms.